The highest BCUT2D eigenvalue weighted by Gasteiger charge is 2.35. The first-order valence-electron chi connectivity index (χ1n) is 8.17. The number of halogens is 3. The Morgan fingerprint density at radius 2 is 2.08 bits per heavy atom. The second-order valence-electron chi connectivity index (χ2n) is 6.68. The molecule has 2 aromatic rings. The molecule has 2 N–H and O–H groups in total. The van der Waals surface area contributed by atoms with Crippen LogP contribution in [0.1, 0.15) is 56.0 Å². The van der Waals surface area contributed by atoms with Gasteiger partial charge in [0.2, 0.25) is 0 Å². The van der Waals surface area contributed by atoms with Gasteiger partial charge >= 0.3 is 6.18 Å². The monoisotopic (exact) mass is 342 g/mol. The molecule has 0 radical (unpaired) electrons. The summed E-state index contributed by atoms with van der Waals surface area (Å²) in [4.78, 5) is 4.20. The Balaban J connectivity index is 1.93. The molecule has 132 valence electrons. The molecule has 1 aromatic carbocycles. The zero-order valence-electron chi connectivity index (χ0n) is 13.7. The lowest BCUT2D eigenvalue weighted by Crippen LogP contribution is -2.35. The molecule has 0 aliphatic heterocycles. The van der Waals surface area contributed by atoms with E-state index in [-0.39, 0.29) is 29.6 Å². The number of nitrogens with zero attached hydrogens (tertiary/aromatic N) is 1. The van der Waals surface area contributed by atoms with Gasteiger partial charge in [0.05, 0.1) is 6.10 Å². The molecule has 1 aliphatic carbocycles. The molecular formula is C17H21F3N2O2. The summed E-state index contributed by atoms with van der Waals surface area (Å²) < 4.78 is 45.4. The van der Waals surface area contributed by atoms with Gasteiger partial charge in [-0.25, -0.2) is 4.98 Å². The average Bonchev–Trinajstić information content (AvgIpc) is 3.09. The van der Waals surface area contributed by atoms with Crippen molar-refractivity contribution >= 4 is 11.1 Å². The fraction of sp³-hybridized carbons (Fsp3) is 0.588. The molecule has 1 heterocycles. The molecule has 0 unspecified atom stereocenters. The highest BCUT2D eigenvalue weighted by molar-refractivity contribution is 5.78. The summed E-state index contributed by atoms with van der Waals surface area (Å²) >= 11 is 0. The van der Waals surface area contributed by atoms with Gasteiger partial charge in [-0.15, -0.1) is 0 Å². The van der Waals surface area contributed by atoms with E-state index in [4.69, 9.17) is 4.42 Å². The highest BCUT2D eigenvalue weighted by Crippen LogP contribution is 2.37. The number of nitrogens with one attached hydrogen (secondary N) is 1. The number of hydrogen-bond acceptors (Lipinski definition) is 4. The Hall–Kier alpha value is -1.60. The first-order chi connectivity index (χ1) is 11.3. The van der Waals surface area contributed by atoms with E-state index in [1.165, 1.54) is 0 Å². The summed E-state index contributed by atoms with van der Waals surface area (Å²) in [7, 11) is 0. The molecule has 1 fully saturated rings. The Bertz CT molecular complexity index is 724. The third-order valence-corrected chi connectivity index (χ3v) is 4.41. The minimum Gasteiger partial charge on any atom is -0.440 e. The fourth-order valence-electron chi connectivity index (χ4n) is 3.10. The van der Waals surface area contributed by atoms with Gasteiger partial charge in [0.15, 0.2) is 11.5 Å². The van der Waals surface area contributed by atoms with Gasteiger partial charge in [0, 0.05) is 18.5 Å². The van der Waals surface area contributed by atoms with Crippen LogP contribution in [-0.4, -0.2) is 22.2 Å². The summed E-state index contributed by atoms with van der Waals surface area (Å²) in [6, 6.07) is 2.65. The number of rotatable bonds is 4. The van der Waals surface area contributed by atoms with E-state index in [0.717, 1.165) is 25.3 Å². The van der Waals surface area contributed by atoms with Crippen LogP contribution >= 0.6 is 0 Å². The molecule has 0 amide bonds. The lowest BCUT2D eigenvalue weighted by Gasteiger charge is -2.17. The van der Waals surface area contributed by atoms with Gasteiger partial charge in [-0.05, 0) is 37.0 Å². The second-order valence-corrected chi connectivity index (χ2v) is 6.68. The Morgan fingerprint density at radius 3 is 2.67 bits per heavy atom. The zero-order valence-corrected chi connectivity index (χ0v) is 13.7. The Kier molecular flexibility index (Phi) is 4.57. The minimum absolute atomic E-state index is 0.0708. The number of benzene rings is 1. The number of aliphatic hydroxyl groups excluding tert-OH is 1. The molecule has 0 bridgehead atoms. The summed E-state index contributed by atoms with van der Waals surface area (Å²) in [6.45, 7) is 3.90. The summed E-state index contributed by atoms with van der Waals surface area (Å²) in [5, 5.41) is 13.0. The van der Waals surface area contributed by atoms with Gasteiger partial charge in [-0.2, -0.15) is 13.2 Å². The van der Waals surface area contributed by atoms with E-state index in [9.17, 15) is 18.3 Å². The third kappa shape index (κ3) is 3.42. The normalized spacial score (nSPS) is 22.0. The maximum absolute atomic E-state index is 13.4. The molecule has 1 saturated carbocycles. The quantitative estimate of drug-likeness (QED) is 0.883. The average molecular weight is 342 g/mol. The van der Waals surface area contributed by atoms with Crippen LogP contribution in [0.4, 0.5) is 13.2 Å². The molecule has 7 heteroatoms. The summed E-state index contributed by atoms with van der Waals surface area (Å²) in [6.07, 6.45) is -2.46. The largest absolute Gasteiger partial charge is 0.440 e. The van der Waals surface area contributed by atoms with Crippen LogP contribution < -0.4 is 5.32 Å². The third-order valence-electron chi connectivity index (χ3n) is 4.41. The number of fused-ring (bicyclic) bond motifs is 1. The van der Waals surface area contributed by atoms with Crippen molar-refractivity contribution in [2.75, 3.05) is 0 Å². The molecule has 2 atom stereocenters. The molecule has 1 aliphatic rings. The number of oxazole rings is 1. The van der Waals surface area contributed by atoms with Gasteiger partial charge in [-0.3, -0.25) is 0 Å². The molecule has 24 heavy (non-hydrogen) atoms. The van der Waals surface area contributed by atoms with E-state index < -0.39 is 17.8 Å². The van der Waals surface area contributed by atoms with Crippen molar-refractivity contribution in [3.63, 3.8) is 0 Å². The lowest BCUT2D eigenvalue weighted by atomic mass is 10.1. The van der Waals surface area contributed by atoms with Crippen molar-refractivity contribution in [1.82, 2.24) is 10.3 Å². The number of alkyl halides is 3. The van der Waals surface area contributed by atoms with Crippen LogP contribution in [0.5, 0.6) is 0 Å². The van der Waals surface area contributed by atoms with E-state index in [0.29, 0.717) is 11.5 Å². The number of aromatic nitrogens is 1. The van der Waals surface area contributed by atoms with E-state index in [1.54, 1.807) is 6.07 Å². The maximum Gasteiger partial charge on any atom is 0.420 e. The van der Waals surface area contributed by atoms with Crippen LogP contribution in [-0.2, 0) is 12.7 Å². The SMILES string of the molecule is CC(C)c1nc2cc(CN[C@@H]3CCC[C@@H]3O)cc(C(F)(F)F)c2o1. The van der Waals surface area contributed by atoms with Crippen LogP contribution in [0.2, 0.25) is 0 Å². The standard InChI is InChI=1S/C17H21F3N2O2/c1-9(2)16-22-13-7-10(8-21-12-4-3-5-14(12)23)6-11(15(13)24-16)17(18,19)20/h6-7,9,12,14,21,23H,3-5,8H2,1-2H3/t12-,14+/m1/s1. The number of hydrogen-bond donors (Lipinski definition) is 2. The molecular weight excluding hydrogens is 321 g/mol. The smallest absolute Gasteiger partial charge is 0.420 e. The molecule has 0 saturated heterocycles. The Morgan fingerprint density at radius 1 is 1.33 bits per heavy atom. The fourth-order valence-corrected chi connectivity index (χ4v) is 3.10. The van der Waals surface area contributed by atoms with E-state index in [2.05, 4.69) is 10.3 Å². The lowest BCUT2D eigenvalue weighted by molar-refractivity contribution is -0.136. The van der Waals surface area contributed by atoms with Gasteiger partial charge in [-0.1, -0.05) is 13.8 Å². The van der Waals surface area contributed by atoms with Crippen LogP contribution in [0.3, 0.4) is 0 Å². The minimum atomic E-state index is -4.51. The van der Waals surface area contributed by atoms with Crippen LogP contribution in [0.15, 0.2) is 16.5 Å². The first-order valence-corrected chi connectivity index (χ1v) is 8.17. The predicted molar refractivity (Wildman–Crippen MR) is 83.6 cm³/mol. The first kappa shape index (κ1) is 17.2. The van der Waals surface area contributed by atoms with Gasteiger partial charge in [0.25, 0.3) is 0 Å². The van der Waals surface area contributed by atoms with Crippen LogP contribution in [0.25, 0.3) is 11.1 Å². The van der Waals surface area contributed by atoms with Crippen molar-refractivity contribution in [2.24, 2.45) is 0 Å². The highest BCUT2D eigenvalue weighted by atomic mass is 19.4. The Labute approximate surface area is 138 Å². The van der Waals surface area contributed by atoms with Gasteiger partial charge < -0.3 is 14.8 Å². The summed E-state index contributed by atoms with van der Waals surface area (Å²) in [5.74, 6) is 0.209. The number of aliphatic hydroxyl groups is 1. The van der Waals surface area contributed by atoms with Crippen molar-refractivity contribution in [3.8, 4) is 0 Å². The van der Waals surface area contributed by atoms with Gasteiger partial charge in [0.1, 0.15) is 11.1 Å². The summed E-state index contributed by atoms with van der Waals surface area (Å²) in [5.41, 5.74) is -0.311. The molecule has 4 nitrogen and oxygen atoms in total. The maximum atomic E-state index is 13.4. The van der Waals surface area contributed by atoms with Crippen molar-refractivity contribution < 1.29 is 22.7 Å². The topological polar surface area (TPSA) is 58.3 Å². The van der Waals surface area contributed by atoms with E-state index in [1.807, 2.05) is 13.8 Å². The van der Waals surface area contributed by atoms with Crippen molar-refractivity contribution in [2.45, 2.75) is 63.9 Å². The molecule has 0 spiro atoms. The second kappa shape index (κ2) is 6.37. The molecule has 1 aromatic heterocycles. The van der Waals surface area contributed by atoms with E-state index >= 15 is 0 Å². The van der Waals surface area contributed by atoms with Crippen molar-refractivity contribution in [1.29, 1.82) is 0 Å². The predicted octanol–water partition coefficient (Wildman–Crippen LogP) is 3.97. The zero-order chi connectivity index (χ0) is 17.5. The van der Waals surface area contributed by atoms with Crippen molar-refractivity contribution in [3.05, 3.63) is 29.2 Å². The van der Waals surface area contributed by atoms with Crippen LogP contribution in [0, 0.1) is 0 Å². The molecule has 3 rings (SSSR count).